The molecule has 4 nitrogen and oxygen atoms in total. The molecular weight excluding hydrogens is 212 g/mol. The van der Waals surface area contributed by atoms with Crippen LogP contribution in [0.1, 0.15) is 19.3 Å². The normalized spacial score (nSPS) is 29.1. The molecule has 0 amide bonds. The molecule has 1 atom stereocenters. The van der Waals surface area contributed by atoms with Crippen LogP contribution in [0.2, 0.25) is 0 Å². The number of ether oxygens (including phenoxy) is 1. The molecule has 0 aromatic carbocycles. The number of carbonyl (C=O) groups is 1. The molecule has 0 spiro atoms. The van der Waals surface area contributed by atoms with Gasteiger partial charge in [0.25, 0.3) is 0 Å². The third-order valence-electron chi connectivity index (χ3n) is 3.28. The summed E-state index contributed by atoms with van der Waals surface area (Å²) in [4.78, 5) is 14.2. The van der Waals surface area contributed by atoms with Crippen LogP contribution in [-0.4, -0.2) is 41.6 Å². The number of cyclic esters (lactones) is 1. The van der Waals surface area contributed by atoms with Crippen molar-refractivity contribution in [3.8, 4) is 0 Å². The Bertz CT molecular complexity index is 275. The van der Waals surface area contributed by atoms with Gasteiger partial charge in [0.05, 0.1) is 11.6 Å². The minimum atomic E-state index is -0.0659. The van der Waals surface area contributed by atoms with E-state index in [0.717, 1.165) is 32.4 Å². The van der Waals surface area contributed by atoms with Gasteiger partial charge in [-0.2, -0.15) is 0 Å². The van der Waals surface area contributed by atoms with Crippen molar-refractivity contribution in [2.45, 2.75) is 25.3 Å². The number of thiocarbonyl (C=S) groups is 1. The number of piperidine rings is 1. The minimum Gasteiger partial charge on any atom is -0.464 e. The van der Waals surface area contributed by atoms with E-state index in [1.807, 2.05) is 0 Å². The first-order valence-electron chi connectivity index (χ1n) is 5.38. The number of likely N-dealkylation sites (tertiary alicyclic amines) is 1. The van der Waals surface area contributed by atoms with Gasteiger partial charge in [-0.1, -0.05) is 12.2 Å². The molecule has 0 saturated carbocycles. The maximum absolute atomic E-state index is 11.4. The second-order valence-electron chi connectivity index (χ2n) is 4.18. The first-order chi connectivity index (χ1) is 7.18. The predicted octanol–water partition coefficient (Wildman–Crippen LogP) is 0.300. The van der Waals surface area contributed by atoms with E-state index in [1.165, 1.54) is 0 Å². The topological polar surface area (TPSA) is 55.6 Å². The van der Waals surface area contributed by atoms with Gasteiger partial charge in [-0.15, -0.1) is 0 Å². The summed E-state index contributed by atoms with van der Waals surface area (Å²) in [6, 6.07) is -0.0164. The monoisotopic (exact) mass is 228 g/mol. The molecule has 2 rings (SSSR count). The molecule has 5 heteroatoms. The van der Waals surface area contributed by atoms with Gasteiger partial charge >= 0.3 is 5.97 Å². The van der Waals surface area contributed by atoms with Crippen LogP contribution < -0.4 is 5.73 Å². The number of nitrogens with zero attached hydrogens (tertiary/aromatic N) is 1. The Morgan fingerprint density at radius 1 is 1.40 bits per heavy atom. The number of hydrogen-bond acceptors (Lipinski definition) is 4. The molecule has 2 aliphatic rings. The Hall–Kier alpha value is -0.680. The second kappa shape index (κ2) is 4.45. The van der Waals surface area contributed by atoms with Crippen LogP contribution in [-0.2, 0) is 9.53 Å². The fourth-order valence-electron chi connectivity index (χ4n) is 2.31. The van der Waals surface area contributed by atoms with Crippen LogP contribution in [0.4, 0.5) is 0 Å². The van der Waals surface area contributed by atoms with E-state index in [-0.39, 0.29) is 12.0 Å². The number of nitrogens with two attached hydrogens (primary N) is 1. The van der Waals surface area contributed by atoms with E-state index in [1.54, 1.807) is 0 Å². The lowest BCUT2D eigenvalue weighted by atomic mass is 9.95. The van der Waals surface area contributed by atoms with Crippen molar-refractivity contribution in [2.24, 2.45) is 11.7 Å². The summed E-state index contributed by atoms with van der Waals surface area (Å²) in [6.07, 6.45) is 2.77. The van der Waals surface area contributed by atoms with Crippen molar-refractivity contribution in [3.05, 3.63) is 0 Å². The van der Waals surface area contributed by atoms with Gasteiger partial charge in [0.1, 0.15) is 6.04 Å². The third-order valence-corrected chi connectivity index (χ3v) is 3.61. The fraction of sp³-hybridized carbons (Fsp3) is 0.800. The highest BCUT2D eigenvalue weighted by molar-refractivity contribution is 7.80. The lowest BCUT2D eigenvalue weighted by Gasteiger charge is -2.33. The van der Waals surface area contributed by atoms with Crippen molar-refractivity contribution in [1.29, 1.82) is 0 Å². The highest BCUT2D eigenvalue weighted by atomic mass is 32.1. The van der Waals surface area contributed by atoms with E-state index >= 15 is 0 Å². The molecule has 2 saturated heterocycles. The summed E-state index contributed by atoms with van der Waals surface area (Å²) < 4.78 is 4.96. The van der Waals surface area contributed by atoms with Gasteiger partial charge in [0, 0.05) is 12.3 Å². The van der Waals surface area contributed by atoms with Gasteiger partial charge in [-0.05, 0) is 25.9 Å². The quantitative estimate of drug-likeness (QED) is 0.544. The van der Waals surface area contributed by atoms with Crippen molar-refractivity contribution >= 4 is 23.2 Å². The lowest BCUT2D eigenvalue weighted by molar-refractivity contribution is -0.142. The zero-order valence-electron chi connectivity index (χ0n) is 8.65. The Labute approximate surface area is 94.7 Å². The average Bonchev–Trinajstić information content (AvgIpc) is 2.65. The molecule has 15 heavy (non-hydrogen) atoms. The Morgan fingerprint density at radius 2 is 2.07 bits per heavy atom. The fourth-order valence-corrected chi connectivity index (χ4v) is 2.55. The zero-order valence-corrected chi connectivity index (χ0v) is 9.46. The van der Waals surface area contributed by atoms with Crippen LogP contribution in [0, 0.1) is 5.92 Å². The Kier molecular flexibility index (Phi) is 3.21. The number of carbonyl (C=O) groups excluding carboxylic acids is 1. The van der Waals surface area contributed by atoms with Gasteiger partial charge in [-0.3, -0.25) is 9.69 Å². The zero-order chi connectivity index (χ0) is 10.8. The Morgan fingerprint density at radius 3 is 2.53 bits per heavy atom. The summed E-state index contributed by atoms with van der Waals surface area (Å²) in [5, 5.41) is 0. The summed E-state index contributed by atoms with van der Waals surface area (Å²) in [5.41, 5.74) is 5.61. The standard InChI is InChI=1S/C10H16N2O2S/c11-9(15)7-1-4-12(5-2-7)8-3-6-14-10(8)13/h7-8H,1-6H2,(H2,11,15). The summed E-state index contributed by atoms with van der Waals surface area (Å²) in [5.74, 6) is 0.289. The molecular formula is C10H16N2O2S. The molecule has 2 fully saturated rings. The molecule has 0 aliphatic carbocycles. The van der Waals surface area contributed by atoms with E-state index in [0.29, 0.717) is 17.5 Å². The van der Waals surface area contributed by atoms with Crippen molar-refractivity contribution in [1.82, 2.24) is 4.90 Å². The molecule has 0 bridgehead atoms. The number of esters is 1. The third kappa shape index (κ3) is 2.29. The lowest BCUT2D eigenvalue weighted by Crippen LogP contribution is -2.45. The average molecular weight is 228 g/mol. The van der Waals surface area contributed by atoms with Gasteiger partial charge < -0.3 is 10.5 Å². The Balaban J connectivity index is 1.87. The van der Waals surface area contributed by atoms with Crippen molar-refractivity contribution in [3.63, 3.8) is 0 Å². The van der Waals surface area contributed by atoms with Gasteiger partial charge in [-0.25, -0.2) is 0 Å². The molecule has 84 valence electrons. The number of rotatable bonds is 2. The molecule has 0 aromatic rings. The van der Waals surface area contributed by atoms with Crippen LogP contribution in [0.5, 0.6) is 0 Å². The minimum absolute atomic E-state index is 0.0164. The predicted molar refractivity (Wildman–Crippen MR) is 60.4 cm³/mol. The SMILES string of the molecule is NC(=S)C1CCN(C2CCOC2=O)CC1. The van der Waals surface area contributed by atoms with Crippen molar-refractivity contribution < 1.29 is 9.53 Å². The van der Waals surface area contributed by atoms with Crippen LogP contribution >= 0.6 is 12.2 Å². The maximum Gasteiger partial charge on any atom is 0.323 e. The van der Waals surface area contributed by atoms with E-state index < -0.39 is 0 Å². The first-order valence-corrected chi connectivity index (χ1v) is 5.79. The molecule has 0 radical (unpaired) electrons. The number of hydrogen-bond donors (Lipinski definition) is 1. The van der Waals surface area contributed by atoms with Crippen LogP contribution in [0.3, 0.4) is 0 Å². The summed E-state index contributed by atoms with van der Waals surface area (Å²) in [7, 11) is 0. The molecule has 2 heterocycles. The van der Waals surface area contributed by atoms with Crippen LogP contribution in [0.15, 0.2) is 0 Å². The van der Waals surface area contributed by atoms with Gasteiger partial charge in [0.15, 0.2) is 0 Å². The molecule has 1 unspecified atom stereocenters. The van der Waals surface area contributed by atoms with Gasteiger partial charge in [0.2, 0.25) is 0 Å². The first kappa shape index (κ1) is 10.8. The van der Waals surface area contributed by atoms with Crippen molar-refractivity contribution in [2.75, 3.05) is 19.7 Å². The smallest absolute Gasteiger partial charge is 0.323 e. The van der Waals surface area contributed by atoms with E-state index in [2.05, 4.69) is 4.90 Å². The maximum atomic E-state index is 11.4. The van der Waals surface area contributed by atoms with E-state index in [9.17, 15) is 4.79 Å². The largest absolute Gasteiger partial charge is 0.464 e. The molecule has 0 aromatic heterocycles. The summed E-state index contributed by atoms with van der Waals surface area (Å²) in [6.45, 7) is 2.38. The molecule has 2 aliphatic heterocycles. The van der Waals surface area contributed by atoms with E-state index in [4.69, 9.17) is 22.7 Å². The highest BCUT2D eigenvalue weighted by Crippen LogP contribution is 2.23. The summed E-state index contributed by atoms with van der Waals surface area (Å²) >= 11 is 4.98. The highest BCUT2D eigenvalue weighted by Gasteiger charge is 2.34. The van der Waals surface area contributed by atoms with Crippen LogP contribution in [0.25, 0.3) is 0 Å². The molecule has 2 N–H and O–H groups in total. The second-order valence-corrected chi connectivity index (χ2v) is 4.66.